The van der Waals surface area contributed by atoms with Crippen LogP contribution in [-0.2, 0) is 6.61 Å². The smallest absolute Gasteiger partial charge is 0.132 e. The monoisotopic (exact) mass is 278 g/mol. The second-order valence-corrected chi connectivity index (χ2v) is 4.74. The Bertz CT molecular complexity index is 609. The Kier molecular flexibility index (Phi) is 4.35. The molecule has 0 aromatic heterocycles. The van der Waals surface area contributed by atoms with Crippen LogP contribution in [0.1, 0.15) is 29.7 Å². The van der Waals surface area contributed by atoms with Crippen LogP contribution in [0.25, 0.3) is 0 Å². The summed E-state index contributed by atoms with van der Waals surface area (Å²) in [6.07, 6.45) is -0.677. The van der Waals surface area contributed by atoms with E-state index in [1.165, 1.54) is 12.1 Å². The van der Waals surface area contributed by atoms with E-state index in [0.29, 0.717) is 11.3 Å². The second kappa shape index (κ2) is 6.01. The zero-order valence-electron chi connectivity index (χ0n) is 11.4. The first-order valence-electron chi connectivity index (χ1n) is 6.32. The van der Waals surface area contributed by atoms with Crippen LogP contribution in [0.3, 0.4) is 0 Å². The molecule has 0 saturated carbocycles. The van der Waals surface area contributed by atoms with Crippen molar-refractivity contribution >= 4 is 0 Å². The molecule has 0 spiro atoms. The molecule has 0 aliphatic rings. The van der Waals surface area contributed by atoms with Crippen molar-refractivity contribution in [3.63, 3.8) is 0 Å². The minimum Gasteiger partial charge on any atom is -0.488 e. The third-order valence-electron chi connectivity index (χ3n) is 3.02. The fourth-order valence-electron chi connectivity index (χ4n) is 1.91. The van der Waals surface area contributed by atoms with Gasteiger partial charge in [-0.3, -0.25) is 0 Å². The van der Waals surface area contributed by atoms with Gasteiger partial charge in [0, 0.05) is 17.2 Å². The fourth-order valence-corrected chi connectivity index (χ4v) is 1.91. The van der Waals surface area contributed by atoms with Gasteiger partial charge in [0.15, 0.2) is 0 Å². The highest BCUT2D eigenvalue weighted by Gasteiger charge is 2.11. The lowest BCUT2D eigenvalue weighted by Gasteiger charge is -2.14. The minimum atomic E-state index is -0.677. The molecule has 1 atom stereocenters. The molecule has 1 N–H and O–H groups in total. The molecule has 106 valence electrons. The molecule has 0 fully saturated rings. The molecule has 0 aliphatic carbocycles. The van der Waals surface area contributed by atoms with Crippen LogP contribution in [0.15, 0.2) is 36.4 Å². The van der Waals surface area contributed by atoms with Crippen molar-refractivity contribution in [1.82, 2.24) is 0 Å². The number of ether oxygens (including phenoxy) is 1. The normalized spacial score (nSPS) is 12.2. The first-order valence-corrected chi connectivity index (χ1v) is 6.32. The van der Waals surface area contributed by atoms with Crippen LogP contribution in [0.4, 0.5) is 8.78 Å². The van der Waals surface area contributed by atoms with Crippen LogP contribution in [0.5, 0.6) is 5.75 Å². The van der Waals surface area contributed by atoms with Crippen molar-refractivity contribution in [2.75, 3.05) is 0 Å². The highest BCUT2D eigenvalue weighted by atomic mass is 19.1. The molecule has 2 aromatic rings. The third-order valence-corrected chi connectivity index (χ3v) is 3.02. The third kappa shape index (κ3) is 3.33. The number of rotatable bonds is 4. The lowest BCUT2D eigenvalue weighted by Crippen LogP contribution is -2.03. The van der Waals surface area contributed by atoms with Crippen molar-refractivity contribution in [2.24, 2.45) is 0 Å². The topological polar surface area (TPSA) is 29.5 Å². The summed E-state index contributed by atoms with van der Waals surface area (Å²) < 4.78 is 31.9. The Morgan fingerprint density at radius 1 is 1.15 bits per heavy atom. The van der Waals surface area contributed by atoms with E-state index in [-0.39, 0.29) is 12.2 Å². The van der Waals surface area contributed by atoms with Gasteiger partial charge in [-0.2, -0.15) is 0 Å². The van der Waals surface area contributed by atoms with Gasteiger partial charge < -0.3 is 9.84 Å². The van der Waals surface area contributed by atoms with Gasteiger partial charge in [0.1, 0.15) is 24.0 Å². The molecule has 0 radical (unpaired) electrons. The van der Waals surface area contributed by atoms with Crippen LogP contribution in [0.2, 0.25) is 0 Å². The molecule has 20 heavy (non-hydrogen) atoms. The Balaban J connectivity index is 2.20. The van der Waals surface area contributed by atoms with Crippen molar-refractivity contribution < 1.29 is 18.6 Å². The SMILES string of the molecule is Cc1ccc([C@@H](C)O)c(OCc2ccc(F)cc2F)c1. The van der Waals surface area contributed by atoms with Gasteiger partial charge in [0.2, 0.25) is 0 Å². The first kappa shape index (κ1) is 14.5. The molecular formula is C16H16F2O2. The molecular weight excluding hydrogens is 262 g/mol. The van der Waals surface area contributed by atoms with E-state index in [4.69, 9.17) is 4.74 Å². The molecule has 0 aliphatic heterocycles. The highest BCUT2D eigenvalue weighted by Crippen LogP contribution is 2.27. The average Bonchev–Trinajstić information content (AvgIpc) is 2.37. The summed E-state index contributed by atoms with van der Waals surface area (Å²) in [4.78, 5) is 0. The number of hydrogen-bond donors (Lipinski definition) is 1. The molecule has 4 heteroatoms. The predicted molar refractivity (Wildman–Crippen MR) is 72.5 cm³/mol. The predicted octanol–water partition coefficient (Wildman–Crippen LogP) is 3.91. The van der Waals surface area contributed by atoms with Crippen LogP contribution in [-0.4, -0.2) is 5.11 Å². The molecule has 0 saturated heterocycles. The lowest BCUT2D eigenvalue weighted by atomic mass is 10.1. The van der Waals surface area contributed by atoms with Crippen molar-refractivity contribution in [3.8, 4) is 5.75 Å². The molecule has 2 aromatic carbocycles. The molecule has 0 amide bonds. The van der Waals surface area contributed by atoms with E-state index in [1.807, 2.05) is 13.0 Å². The van der Waals surface area contributed by atoms with Gasteiger partial charge in [0.25, 0.3) is 0 Å². The number of halogens is 2. The van der Waals surface area contributed by atoms with E-state index in [2.05, 4.69) is 0 Å². The van der Waals surface area contributed by atoms with Gasteiger partial charge >= 0.3 is 0 Å². The summed E-state index contributed by atoms with van der Waals surface area (Å²) in [7, 11) is 0. The Morgan fingerprint density at radius 2 is 1.90 bits per heavy atom. The van der Waals surface area contributed by atoms with E-state index < -0.39 is 17.7 Å². The maximum absolute atomic E-state index is 13.5. The van der Waals surface area contributed by atoms with Crippen molar-refractivity contribution in [2.45, 2.75) is 26.6 Å². The number of benzene rings is 2. The molecule has 0 heterocycles. The van der Waals surface area contributed by atoms with Gasteiger partial charge in [-0.1, -0.05) is 12.1 Å². The Labute approximate surface area is 116 Å². The van der Waals surface area contributed by atoms with E-state index in [0.717, 1.165) is 11.6 Å². The number of hydrogen-bond acceptors (Lipinski definition) is 2. The van der Waals surface area contributed by atoms with Crippen LogP contribution in [0, 0.1) is 18.6 Å². The van der Waals surface area contributed by atoms with Gasteiger partial charge in [-0.05, 0) is 37.6 Å². The summed E-state index contributed by atoms with van der Waals surface area (Å²) in [5, 5.41) is 9.68. The summed E-state index contributed by atoms with van der Waals surface area (Å²) in [6, 6.07) is 8.79. The Hall–Kier alpha value is -1.94. The van der Waals surface area contributed by atoms with Crippen LogP contribution < -0.4 is 4.74 Å². The summed E-state index contributed by atoms with van der Waals surface area (Å²) in [6.45, 7) is 3.52. The minimum absolute atomic E-state index is 0.0186. The van der Waals surface area contributed by atoms with Crippen molar-refractivity contribution in [1.29, 1.82) is 0 Å². The van der Waals surface area contributed by atoms with E-state index >= 15 is 0 Å². The summed E-state index contributed by atoms with van der Waals surface area (Å²) in [5.41, 5.74) is 1.88. The quantitative estimate of drug-likeness (QED) is 0.919. The fraction of sp³-hybridized carbons (Fsp3) is 0.250. The van der Waals surface area contributed by atoms with E-state index in [1.54, 1.807) is 19.1 Å². The molecule has 2 rings (SSSR count). The standard InChI is InChI=1S/C16H16F2O2/c1-10-3-6-14(11(2)19)16(7-10)20-9-12-4-5-13(17)8-15(12)18/h3-8,11,19H,9H2,1-2H3/t11-/m1/s1. The van der Waals surface area contributed by atoms with Gasteiger partial charge in [-0.15, -0.1) is 0 Å². The summed E-state index contributed by atoms with van der Waals surface area (Å²) in [5.74, 6) is -0.758. The number of aryl methyl sites for hydroxylation is 1. The molecule has 0 unspecified atom stereocenters. The molecule has 2 nitrogen and oxygen atoms in total. The zero-order valence-corrected chi connectivity index (χ0v) is 11.4. The zero-order chi connectivity index (χ0) is 14.7. The van der Waals surface area contributed by atoms with Gasteiger partial charge in [0.05, 0.1) is 6.10 Å². The average molecular weight is 278 g/mol. The first-order chi connectivity index (χ1) is 9.47. The maximum atomic E-state index is 13.5. The number of aliphatic hydroxyl groups excluding tert-OH is 1. The van der Waals surface area contributed by atoms with E-state index in [9.17, 15) is 13.9 Å². The van der Waals surface area contributed by atoms with Crippen molar-refractivity contribution in [3.05, 3.63) is 64.7 Å². The lowest BCUT2D eigenvalue weighted by molar-refractivity contribution is 0.190. The van der Waals surface area contributed by atoms with Gasteiger partial charge in [-0.25, -0.2) is 8.78 Å². The maximum Gasteiger partial charge on any atom is 0.132 e. The molecule has 0 bridgehead atoms. The second-order valence-electron chi connectivity index (χ2n) is 4.74. The Morgan fingerprint density at radius 3 is 2.55 bits per heavy atom. The number of aliphatic hydroxyl groups is 1. The van der Waals surface area contributed by atoms with Crippen LogP contribution >= 0.6 is 0 Å². The summed E-state index contributed by atoms with van der Waals surface area (Å²) >= 11 is 0. The largest absolute Gasteiger partial charge is 0.488 e. The highest BCUT2D eigenvalue weighted by molar-refractivity contribution is 5.38.